The smallest absolute Gasteiger partial charge is 0.255 e. The number of piperazine rings is 1. The van der Waals surface area contributed by atoms with Gasteiger partial charge >= 0.3 is 0 Å². The van der Waals surface area contributed by atoms with Gasteiger partial charge in [-0.05, 0) is 85.0 Å². The molecule has 304 valence electrons. The number of benzene rings is 4. The summed E-state index contributed by atoms with van der Waals surface area (Å²) in [6.07, 6.45) is 5.74. The van der Waals surface area contributed by atoms with Crippen molar-refractivity contribution in [3.8, 4) is 17.2 Å². The average Bonchev–Trinajstić information content (AvgIpc) is 3.56. The Kier molecular flexibility index (Phi) is 8.87. The van der Waals surface area contributed by atoms with Crippen molar-refractivity contribution >= 4 is 29.1 Å². The molecule has 1 spiro atoms. The number of anilines is 2. The van der Waals surface area contributed by atoms with E-state index in [1.54, 1.807) is 17.0 Å². The minimum absolute atomic E-state index is 0.144. The van der Waals surface area contributed by atoms with E-state index in [0.29, 0.717) is 43.1 Å². The van der Waals surface area contributed by atoms with Crippen molar-refractivity contribution in [1.29, 1.82) is 0 Å². The molecule has 11 rings (SSSR count). The van der Waals surface area contributed by atoms with Gasteiger partial charge in [-0.25, -0.2) is 0 Å². The van der Waals surface area contributed by atoms with Gasteiger partial charge in [-0.15, -0.1) is 0 Å². The molecule has 3 saturated heterocycles. The van der Waals surface area contributed by atoms with Gasteiger partial charge < -0.3 is 29.3 Å². The quantitative estimate of drug-likeness (QED) is 0.226. The summed E-state index contributed by atoms with van der Waals surface area (Å²) in [5.41, 5.74) is 7.96. The van der Waals surface area contributed by atoms with Gasteiger partial charge in [0, 0.05) is 92.4 Å². The summed E-state index contributed by atoms with van der Waals surface area (Å²) in [6.45, 7) is 7.84. The summed E-state index contributed by atoms with van der Waals surface area (Å²) in [5, 5.41) is 12.6. The zero-order chi connectivity index (χ0) is 39.8. The first-order chi connectivity index (χ1) is 28.8. The number of fused-ring (bicyclic) bond motifs is 5. The number of hydrogen-bond donors (Lipinski definition) is 2. The molecule has 3 amide bonds. The van der Waals surface area contributed by atoms with E-state index in [-0.39, 0.29) is 47.8 Å². The Morgan fingerprint density at radius 3 is 2.39 bits per heavy atom. The highest BCUT2D eigenvalue weighted by molar-refractivity contribution is 6.06. The second-order valence-electron chi connectivity index (χ2n) is 18.2. The van der Waals surface area contributed by atoms with Crippen molar-refractivity contribution in [3.05, 3.63) is 113 Å². The predicted molar refractivity (Wildman–Crippen MR) is 223 cm³/mol. The Hall–Kier alpha value is -5.55. The second-order valence-corrected chi connectivity index (χ2v) is 18.2. The van der Waals surface area contributed by atoms with E-state index < -0.39 is 6.04 Å². The Labute approximate surface area is 344 Å². The molecule has 4 aromatic rings. The van der Waals surface area contributed by atoms with Crippen molar-refractivity contribution in [1.82, 2.24) is 15.1 Å². The SMILES string of the molecule is O=C1CC[C@@H](N2Cc3cc4c(cc3C2=O)OC[C@@H]2CN(CC3CCC5(CC3)CN(c3ccc([C@H]6c7ccc(O)cc7OC[C@H]6c6ccccc6)cc3)C5)CCN42)C(=O)N1. The van der Waals surface area contributed by atoms with Crippen LogP contribution < -0.4 is 24.6 Å². The van der Waals surface area contributed by atoms with Gasteiger partial charge in [0.1, 0.15) is 29.9 Å². The monoisotopic (exact) mass is 793 g/mol. The Bertz CT molecular complexity index is 2300. The molecule has 59 heavy (non-hydrogen) atoms. The molecule has 6 heterocycles. The maximum atomic E-state index is 13.4. The van der Waals surface area contributed by atoms with Crippen molar-refractivity contribution in [2.75, 3.05) is 62.3 Å². The lowest BCUT2D eigenvalue weighted by atomic mass is 9.65. The summed E-state index contributed by atoms with van der Waals surface area (Å²) < 4.78 is 12.5. The third-order valence-electron chi connectivity index (χ3n) is 14.6. The number of aromatic hydroxyl groups is 1. The lowest BCUT2D eigenvalue weighted by molar-refractivity contribution is -0.136. The number of imide groups is 1. The third kappa shape index (κ3) is 6.49. The van der Waals surface area contributed by atoms with Gasteiger partial charge in [-0.2, -0.15) is 0 Å². The topological polar surface area (TPSA) is 115 Å². The minimum atomic E-state index is -0.619. The normalized spacial score (nSPS) is 26.2. The Balaban J connectivity index is 0.687. The molecule has 4 atom stereocenters. The molecule has 4 fully saturated rings. The lowest BCUT2D eigenvalue weighted by Crippen LogP contribution is -2.59. The Morgan fingerprint density at radius 2 is 1.59 bits per heavy atom. The highest BCUT2D eigenvalue weighted by Gasteiger charge is 2.46. The summed E-state index contributed by atoms with van der Waals surface area (Å²) in [7, 11) is 0. The number of amides is 3. The number of piperidine rings is 1. The van der Waals surface area contributed by atoms with Crippen LogP contribution in [0.4, 0.5) is 11.4 Å². The largest absolute Gasteiger partial charge is 0.508 e. The van der Waals surface area contributed by atoms with E-state index >= 15 is 0 Å². The molecule has 0 radical (unpaired) electrons. The van der Waals surface area contributed by atoms with E-state index in [1.807, 2.05) is 12.1 Å². The molecule has 2 N–H and O–H groups in total. The number of carbonyl (C=O) groups excluding carboxylic acids is 3. The van der Waals surface area contributed by atoms with Crippen LogP contribution in [0.15, 0.2) is 84.9 Å². The fourth-order valence-corrected chi connectivity index (χ4v) is 11.4. The minimum Gasteiger partial charge on any atom is -0.508 e. The van der Waals surface area contributed by atoms with Crippen molar-refractivity contribution in [2.45, 2.75) is 69.0 Å². The summed E-state index contributed by atoms with van der Waals surface area (Å²) in [4.78, 5) is 47.0. The van der Waals surface area contributed by atoms with Gasteiger partial charge in [0.25, 0.3) is 5.91 Å². The van der Waals surface area contributed by atoms with Gasteiger partial charge in [-0.1, -0.05) is 48.5 Å². The highest BCUT2D eigenvalue weighted by atomic mass is 16.5. The van der Waals surface area contributed by atoms with Crippen LogP contribution in [0.1, 0.15) is 83.0 Å². The molecule has 0 bridgehead atoms. The maximum absolute atomic E-state index is 13.4. The highest BCUT2D eigenvalue weighted by Crippen LogP contribution is 2.50. The van der Waals surface area contributed by atoms with Crippen LogP contribution in [0.2, 0.25) is 0 Å². The fraction of sp³-hybridized carbons (Fsp3) is 0.438. The molecule has 1 aliphatic carbocycles. The first-order valence-electron chi connectivity index (χ1n) is 21.6. The number of hydrogen-bond acceptors (Lipinski definition) is 9. The van der Waals surface area contributed by atoms with E-state index in [2.05, 4.69) is 80.7 Å². The number of phenolic OH excluding ortho intramolecular Hbond substituents is 1. The van der Waals surface area contributed by atoms with Gasteiger partial charge in [0.15, 0.2) is 0 Å². The van der Waals surface area contributed by atoms with E-state index in [4.69, 9.17) is 9.47 Å². The average molecular weight is 794 g/mol. The van der Waals surface area contributed by atoms with Crippen molar-refractivity contribution < 1.29 is 29.0 Å². The molecule has 6 aliphatic heterocycles. The van der Waals surface area contributed by atoms with E-state index in [1.165, 1.54) is 42.5 Å². The van der Waals surface area contributed by atoms with Crippen LogP contribution in [0.3, 0.4) is 0 Å². The molecule has 0 unspecified atom stereocenters. The van der Waals surface area contributed by atoms with E-state index in [0.717, 1.165) is 67.6 Å². The fourth-order valence-electron chi connectivity index (χ4n) is 11.4. The Morgan fingerprint density at radius 1 is 0.797 bits per heavy atom. The van der Waals surface area contributed by atoms with Crippen LogP contribution in [0.5, 0.6) is 17.2 Å². The first-order valence-corrected chi connectivity index (χ1v) is 21.6. The number of ether oxygens (including phenoxy) is 2. The third-order valence-corrected chi connectivity index (χ3v) is 14.6. The molecule has 7 aliphatic rings. The lowest BCUT2D eigenvalue weighted by Gasteiger charge is -2.55. The van der Waals surface area contributed by atoms with Gasteiger partial charge in [-0.3, -0.25) is 24.6 Å². The molecule has 11 nitrogen and oxygen atoms in total. The van der Waals surface area contributed by atoms with Crippen LogP contribution >= 0.6 is 0 Å². The molecular formula is C48H51N5O6. The van der Waals surface area contributed by atoms with Gasteiger partial charge in [0.05, 0.1) is 18.3 Å². The van der Waals surface area contributed by atoms with Crippen LogP contribution in [0, 0.1) is 11.3 Å². The predicted octanol–water partition coefficient (Wildman–Crippen LogP) is 6.04. The zero-order valence-corrected chi connectivity index (χ0v) is 33.4. The van der Waals surface area contributed by atoms with Crippen LogP contribution in [-0.4, -0.2) is 97.2 Å². The summed E-state index contributed by atoms with van der Waals surface area (Å²) in [5.74, 6) is 1.97. The standard InChI is InChI=1S/C48H51N5O6/c54-36-10-11-37-42(21-36)59-27-39(31-4-2-1-3-5-31)45(37)32-6-8-34(9-7-32)51-28-48(29-51)16-14-30(15-17-48)23-50-18-19-52-35(25-50)26-58-43-22-38-33(20-41(43)52)24-53(47(38)57)40-12-13-44(55)49-46(40)56/h1-11,20-22,30,35,39-40,45,54H,12-19,23-29H2,(H,49,55,56)/t35-,39-,40+,45-/m0/s1. The molecule has 11 heteroatoms. The van der Waals surface area contributed by atoms with Crippen LogP contribution in [-0.2, 0) is 16.1 Å². The van der Waals surface area contributed by atoms with Crippen molar-refractivity contribution in [2.24, 2.45) is 11.3 Å². The summed E-state index contributed by atoms with van der Waals surface area (Å²) >= 11 is 0. The van der Waals surface area contributed by atoms with Crippen LogP contribution in [0.25, 0.3) is 0 Å². The molecule has 0 aromatic heterocycles. The molecular weight excluding hydrogens is 743 g/mol. The number of nitrogens with zero attached hydrogens (tertiary/aromatic N) is 4. The molecule has 1 saturated carbocycles. The first kappa shape index (κ1) is 36.5. The van der Waals surface area contributed by atoms with Gasteiger partial charge in [0.2, 0.25) is 11.8 Å². The number of rotatable bonds is 6. The number of phenols is 1. The second kappa shape index (κ2) is 14.3. The molecule has 4 aromatic carbocycles. The number of carbonyl (C=O) groups is 3. The van der Waals surface area contributed by atoms with E-state index in [9.17, 15) is 19.5 Å². The number of nitrogens with one attached hydrogen (secondary N) is 1. The van der Waals surface area contributed by atoms with Crippen molar-refractivity contribution in [3.63, 3.8) is 0 Å². The zero-order valence-electron chi connectivity index (χ0n) is 33.4. The maximum Gasteiger partial charge on any atom is 0.255 e. The summed E-state index contributed by atoms with van der Waals surface area (Å²) in [6, 6.07) is 29.0.